The molecule has 3 atom stereocenters. The largest absolute Gasteiger partial charge is 0.607 e. The summed E-state index contributed by atoms with van der Waals surface area (Å²) in [5.74, 6) is -3.57. The Hall–Kier alpha value is -2.66. The summed E-state index contributed by atoms with van der Waals surface area (Å²) in [6.07, 6.45) is 2.05. The zero-order chi connectivity index (χ0) is 27.7. The topological polar surface area (TPSA) is 122 Å². The lowest BCUT2D eigenvalue weighted by Gasteiger charge is -2.32. The molecule has 2 N–H and O–H groups in total. The number of nitrogens with zero attached hydrogens (tertiary/aromatic N) is 1. The van der Waals surface area contributed by atoms with Crippen molar-refractivity contribution in [3.8, 4) is 6.07 Å². The number of carbonyl (C=O) groups is 1. The van der Waals surface area contributed by atoms with Gasteiger partial charge in [-0.3, -0.25) is 10.1 Å². The van der Waals surface area contributed by atoms with Crippen LogP contribution in [0.25, 0.3) is 0 Å². The van der Waals surface area contributed by atoms with Crippen LogP contribution in [-0.4, -0.2) is 47.2 Å². The highest BCUT2D eigenvalue weighted by molar-refractivity contribution is 7.92. The molecule has 0 spiro atoms. The van der Waals surface area contributed by atoms with Gasteiger partial charge in [-0.1, -0.05) is 12.1 Å². The number of carbonyl (C=O) groups excluding carboxylic acids is 1. The van der Waals surface area contributed by atoms with Gasteiger partial charge >= 0.3 is 5.25 Å². The van der Waals surface area contributed by atoms with E-state index in [2.05, 4.69) is 10.6 Å². The van der Waals surface area contributed by atoms with Gasteiger partial charge in [0.25, 0.3) is 0 Å². The van der Waals surface area contributed by atoms with Gasteiger partial charge in [0.15, 0.2) is 14.7 Å². The molecule has 0 aliphatic heterocycles. The Morgan fingerprint density at radius 3 is 2.16 bits per heavy atom. The van der Waals surface area contributed by atoms with E-state index >= 15 is 8.78 Å². The monoisotopic (exact) mass is 571 g/mol. The molecule has 204 valence electrons. The summed E-state index contributed by atoms with van der Waals surface area (Å²) in [4.78, 5) is 12.7. The molecule has 0 radical (unpaired) electrons. The Bertz CT molecular complexity index is 1310. The Labute approximate surface area is 220 Å². The average molecular weight is 572 g/mol. The first-order valence-electron chi connectivity index (χ1n) is 11.8. The number of hydrogen-bond acceptors (Lipinski definition) is 6. The van der Waals surface area contributed by atoms with E-state index in [1.807, 2.05) is 6.07 Å². The van der Waals surface area contributed by atoms with Crippen molar-refractivity contribution < 1.29 is 35.3 Å². The second kappa shape index (κ2) is 10.8. The molecule has 2 fully saturated rings. The highest BCUT2D eigenvalue weighted by Crippen LogP contribution is 2.41. The molecule has 0 aromatic heterocycles. The van der Waals surface area contributed by atoms with Crippen LogP contribution in [0.5, 0.6) is 0 Å². The molecular formula is C25H25F4N3O4S2. The summed E-state index contributed by atoms with van der Waals surface area (Å²) < 4.78 is 97.3. The van der Waals surface area contributed by atoms with Gasteiger partial charge in [-0.25, -0.2) is 17.2 Å². The van der Waals surface area contributed by atoms with Gasteiger partial charge in [0.1, 0.15) is 29.3 Å². The Morgan fingerprint density at radius 1 is 1.11 bits per heavy atom. The zero-order valence-corrected chi connectivity index (χ0v) is 21.6. The van der Waals surface area contributed by atoms with Gasteiger partial charge in [-0.05, 0) is 73.6 Å². The van der Waals surface area contributed by atoms with Crippen LogP contribution in [0.4, 0.5) is 17.6 Å². The van der Waals surface area contributed by atoms with Crippen LogP contribution < -0.4 is 10.6 Å². The van der Waals surface area contributed by atoms with E-state index in [0.717, 1.165) is 48.5 Å². The van der Waals surface area contributed by atoms with Gasteiger partial charge in [-0.15, -0.1) is 0 Å². The van der Waals surface area contributed by atoms with E-state index < -0.39 is 72.1 Å². The average Bonchev–Trinajstić information content (AvgIpc) is 3.80. The summed E-state index contributed by atoms with van der Waals surface area (Å²) in [6.45, 7) is 0. The maximum Gasteiger partial charge on any atom is 0.431 e. The summed E-state index contributed by atoms with van der Waals surface area (Å²) in [5, 5.41) is 10.0. The second-order valence-corrected chi connectivity index (χ2v) is 13.4. The number of rotatable bonds is 12. The molecule has 38 heavy (non-hydrogen) atoms. The zero-order valence-electron chi connectivity index (χ0n) is 20.0. The fraction of sp³-hybridized carbons (Fsp3) is 0.440. The predicted molar refractivity (Wildman–Crippen MR) is 131 cm³/mol. The van der Waals surface area contributed by atoms with Crippen LogP contribution in [0.15, 0.2) is 53.4 Å². The van der Waals surface area contributed by atoms with Crippen molar-refractivity contribution in [3.63, 3.8) is 0 Å². The molecule has 1 amide bonds. The summed E-state index contributed by atoms with van der Waals surface area (Å²) in [7, 11) is -3.89. The van der Waals surface area contributed by atoms with E-state index in [9.17, 15) is 31.8 Å². The summed E-state index contributed by atoms with van der Waals surface area (Å²) >= 11 is -3.09. The van der Waals surface area contributed by atoms with Crippen molar-refractivity contribution in [3.05, 3.63) is 65.7 Å². The first-order chi connectivity index (χ1) is 17.8. The molecule has 2 aromatic carbocycles. The molecule has 0 heterocycles. The molecule has 2 saturated carbocycles. The van der Waals surface area contributed by atoms with Crippen molar-refractivity contribution in [1.82, 2.24) is 10.6 Å². The van der Waals surface area contributed by atoms with E-state index in [4.69, 9.17) is 0 Å². The molecular weight excluding hydrogens is 546 g/mol. The molecule has 1 unspecified atom stereocenters. The first kappa shape index (κ1) is 28.4. The van der Waals surface area contributed by atoms with Crippen molar-refractivity contribution in [2.24, 2.45) is 5.92 Å². The van der Waals surface area contributed by atoms with E-state index in [0.29, 0.717) is 25.7 Å². The first-order valence-corrected chi connectivity index (χ1v) is 14.8. The minimum atomic E-state index is -4.17. The van der Waals surface area contributed by atoms with E-state index in [-0.39, 0.29) is 17.2 Å². The molecule has 2 aliphatic rings. The Kier molecular flexibility index (Phi) is 8.09. The molecule has 7 nitrogen and oxygen atoms in total. The van der Waals surface area contributed by atoms with Crippen molar-refractivity contribution in [1.29, 1.82) is 5.26 Å². The smallest absolute Gasteiger partial charge is 0.431 e. The van der Waals surface area contributed by atoms with Crippen molar-refractivity contribution in [2.75, 3.05) is 11.5 Å². The van der Waals surface area contributed by atoms with Crippen molar-refractivity contribution >= 4 is 26.9 Å². The SMILES string of the molecule is N#CC1(NC(=O)[C@H](CS(=O)(=O)CC2CC2)N[C@@H](c2ccc(F)cc2)C(F)(F)[S+]([O-])c2ccc(F)cc2)CC1. The van der Waals surface area contributed by atoms with Crippen LogP contribution in [0, 0.1) is 28.9 Å². The van der Waals surface area contributed by atoms with Gasteiger partial charge in [0.05, 0.1) is 28.8 Å². The highest BCUT2D eigenvalue weighted by Gasteiger charge is 2.55. The maximum atomic E-state index is 15.9. The lowest BCUT2D eigenvalue weighted by Crippen LogP contribution is -2.56. The third-order valence-electron chi connectivity index (χ3n) is 6.43. The number of alkyl halides is 2. The normalized spacial score (nSPS) is 19.2. The highest BCUT2D eigenvalue weighted by atomic mass is 32.2. The minimum Gasteiger partial charge on any atom is -0.607 e. The molecule has 0 saturated heterocycles. The van der Waals surface area contributed by atoms with Gasteiger partial charge in [0.2, 0.25) is 5.91 Å². The molecule has 0 bridgehead atoms. The van der Waals surface area contributed by atoms with Gasteiger partial charge in [-0.2, -0.15) is 14.0 Å². The standard InChI is InChI=1S/C25H25F4N3O4S2/c26-18-5-3-17(4-6-18)22(25(28,29)37(34)20-9-7-19(27)8-10-20)31-21(14-38(35,36)13-16-1-2-16)23(33)32-24(15-30)11-12-24/h3-10,16,21-22,31H,1-2,11-14H2,(H,32,33)/t21-,22-,37?/m0/s1. The fourth-order valence-electron chi connectivity index (χ4n) is 3.94. The Balaban J connectivity index is 1.69. The number of benzene rings is 2. The van der Waals surface area contributed by atoms with E-state index in [1.54, 1.807) is 0 Å². The third kappa shape index (κ3) is 6.85. The third-order valence-corrected chi connectivity index (χ3v) is 9.68. The molecule has 4 rings (SSSR count). The quantitative estimate of drug-likeness (QED) is 0.298. The summed E-state index contributed by atoms with van der Waals surface area (Å²) in [6, 6.07) is 5.37. The number of nitrogens with one attached hydrogen (secondary N) is 2. The predicted octanol–water partition coefficient (Wildman–Crippen LogP) is 3.36. The number of amides is 1. The van der Waals surface area contributed by atoms with Crippen LogP contribution in [0.1, 0.15) is 37.3 Å². The van der Waals surface area contributed by atoms with Gasteiger partial charge < -0.3 is 9.87 Å². The number of hydrogen-bond donors (Lipinski definition) is 2. The lowest BCUT2D eigenvalue weighted by atomic mass is 10.1. The molecule has 13 heteroatoms. The fourth-order valence-corrected chi connectivity index (χ4v) is 7.00. The maximum absolute atomic E-state index is 15.9. The van der Waals surface area contributed by atoms with Gasteiger partial charge in [0, 0.05) is 0 Å². The molecule has 2 aliphatic carbocycles. The molecule has 2 aromatic rings. The van der Waals surface area contributed by atoms with Crippen LogP contribution in [-0.2, 0) is 25.8 Å². The van der Waals surface area contributed by atoms with E-state index in [1.165, 1.54) is 0 Å². The van der Waals surface area contributed by atoms with Crippen LogP contribution >= 0.6 is 0 Å². The Morgan fingerprint density at radius 2 is 1.66 bits per heavy atom. The lowest BCUT2D eigenvalue weighted by molar-refractivity contribution is -0.123. The van der Waals surface area contributed by atoms with Crippen LogP contribution in [0.2, 0.25) is 0 Å². The van der Waals surface area contributed by atoms with Crippen molar-refractivity contribution in [2.45, 2.75) is 53.5 Å². The number of sulfone groups is 1. The number of nitriles is 1. The summed E-state index contributed by atoms with van der Waals surface area (Å²) in [5.41, 5.74) is -1.46. The number of halogens is 4. The second-order valence-electron chi connectivity index (χ2n) is 9.69. The minimum absolute atomic E-state index is 0.0714. The van der Waals surface area contributed by atoms with Crippen LogP contribution in [0.3, 0.4) is 0 Å².